The van der Waals surface area contributed by atoms with Gasteiger partial charge in [0.1, 0.15) is 11.5 Å². The van der Waals surface area contributed by atoms with Crippen molar-refractivity contribution in [3.63, 3.8) is 0 Å². The van der Waals surface area contributed by atoms with Crippen molar-refractivity contribution in [3.8, 4) is 11.5 Å². The number of halogens is 4. The fourth-order valence-corrected chi connectivity index (χ4v) is 3.91. The maximum Gasteiger partial charge on any atom is 0.344 e. The third-order valence-corrected chi connectivity index (χ3v) is 5.62. The molecule has 6 nitrogen and oxygen atoms in total. The highest BCUT2D eigenvalue weighted by molar-refractivity contribution is 6.36. The fraction of sp³-hybridized carbons (Fsp3) is 0.130. The molecule has 10 heteroatoms. The molecule has 33 heavy (non-hydrogen) atoms. The Kier molecular flexibility index (Phi) is 7.44. The summed E-state index contributed by atoms with van der Waals surface area (Å²) >= 11 is 23.9. The van der Waals surface area contributed by atoms with Crippen molar-refractivity contribution in [2.24, 2.45) is 0 Å². The van der Waals surface area contributed by atoms with Crippen LogP contribution in [-0.2, 0) is 19.1 Å². The molecule has 1 aliphatic rings. The summed E-state index contributed by atoms with van der Waals surface area (Å²) in [7, 11) is 0. The summed E-state index contributed by atoms with van der Waals surface area (Å²) in [5.74, 6) is -1.71. The van der Waals surface area contributed by atoms with Crippen LogP contribution in [0.1, 0.15) is 11.9 Å². The first kappa shape index (κ1) is 23.8. The van der Waals surface area contributed by atoms with Gasteiger partial charge in [0.05, 0.1) is 10.0 Å². The van der Waals surface area contributed by atoms with Gasteiger partial charge in [0.2, 0.25) is 0 Å². The molecule has 0 amide bonds. The summed E-state index contributed by atoms with van der Waals surface area (Å²) in [5.41, 5.74) is 0.597. The minimum Gasteiger partial charge on any atom is -0.423 e. The largest absolute Gasteiger partial charge is 0.423 e. The highest BCUT2D eigenvalue weighted by Gasteiger charge is 2.48. The summed E-state index contributed by atoms with van der Waals surface area (Å²) in [5, 5.41) is 0.958. The van der Waals surface area contributed by atoms with Gasteiger partial charge in [-0.3, -0.25) is 0 Å². The predicted octanol–water partition coefficient (Wildman–Crippen LogP) is 6.29. The van der Waals surface area contributed by atoms with Gasteiger partial charge in [0.25, 0.3) is 0 Å². The summed E-state index contributed by atoms with van der Waals surface area (Å²) in [6.45, 7) is 0. The molecule has 3 aromatic rings. The molecule has 0 spiro atoms. The number of esters is 2. The lowest BCUT2D eigenvalue weighted by Crippen LogP contribution is -2.41. The van der Waals surface area contributed by atoms with Crippen LogP contribution in [0.4, 0.5) is 0 Å². The van der Waals surface area contributed by atoms with Crippen molar-refractivity contribution in [1.82, 2.24) is 0 Å². The molecule has 0 aliphatic carbocycles. The van der Waals surface area contributed by atoms with E-state index in [4.69, 9.17) is 65.4 Å². The van der Waals surface area contributed by atoms with E-state index >= 15 is 0 Å². The topological polar surface area (TPSA) is 71.1 Å². The Labute approximate surface area is 208 Å². The van der Waals surface area contributed by atoms with E-state index in [1.807, 2.05) is 0 Å². The summed E-state index contributed by atoms with van der Waals surface area (Å²) in [6.07, 6.45) is -3.90. The number of hydrogen-bond acceptors (Lipinski definition) is 6. The minimum absolute atomic E-state index is 0.0469. The second-order valence-electron chi connectivity index (χ2n) is 6.85. The molecule has 3 aromatic carbocycles. The van der Waals surface area contributed by atoms with Crippen LogP contribution in [0.15, 0.2) is 66.7 Å². The zero-order chi connectivity index (χ0) is 23.5. The monoisotopic (exact) mass is 526 g/mol. The molecule has 0 N–H and O–H groups in total. The molecule has 0 bridgehead atoms. The Balaban J connectivity index is 1.58. The fourth-order valence-electron chi connectivity index (χ4n) is 3.02. The van der Waals surface area contributed by atoms with Gasteiger partial charge in [0.15, 0.2) is 18.5 Å². The van der Waals surface area contributed by atoms with Crippen LogP contribution in [0, 0.1) is 0 Å². The first-order valence-electron chi connectivity index (χ1n) is 9.51. The van der Waals surface area contributed by atoms with Gasteiger partial charge in [0, 0.05) is 15.6 Å². The second kappa shape index (κ2) is 10.3. The van der Waals surface area contributed by atoms with E-state index in [1.54, 1.807) is 30.3 Å². The molecule has 2 atom stereocenters. The molecular formula is C23H14Cl4O6. The van der Waals surface area contributed by atoms with Gasteiger partial charge in [-0.15, -0.1) is 0 Å². The molecular weight excluding hydrogens is 514 g/mol. The predicted molar refractivity (Wildman–Crippen MR) is 123 cm³/mol. The van der Waals surface area contributed by atoms with Gasteiger partial charge in [-0.1, -0.05) is 76.7 Å². The molecule has 0 radical (unpaired) electrons. The molecule has 1 aliphatic heterocycles. The van der Waals surface area contributed by atoms with Crippen molar-refractivity contribution in [2.45, 2.75) is 18.5 Å². The Bertz CT molecular complexity index is 1110. The first-order chi connectivity index (χ1) is 15.8. The van der Waals surface area contributed by atoms with Crippen molar-refractivity contribution >= 4 is 58.3 Å². The quantitative estimate of drug-likeness (QED) is 0.286. The van der Waals surface area contributed by atoms with Crippen LogP contribution >= 0.6 is 46.4 Å². The SMILES string of the molecule is O=C(Oc1ccc(Cl)cc1Cl)[C@@H]1OC(c2ccccc2)O[C@H]1C(=O)Oc1ccc(Cl)cc1Cl. The number of ether oxygens (including phenoxy) is 4. The average molecular weight is 528 g/mol. The Morgan fingerprint density at radius 3 is 1.55 bits per heavy atom. The Morgan fingerprint density at radius 1 is 0.667 bits per heavy atom. The summed E-state index contributed by atoms with van der Waals surface area (Å²) in [6, 6.07) is 17.5. The third-order valence-electron chi connectivity index (χ3n) is 4.56. The summed E-state index contributed by atoms with van der Waals surface area (Å²) in [4.78, 5) is 25.9. The molecule has 1 fully saturated rings. The maximum absolute atomic E-state index is 12.9. The molecule has 1 saturated heterocycles. The van der Waals surface area contributed by atoms with Crippen LogP contribution < -0.4 is 9.47 Å². The number of hydrogen-bond donors (Lipinski definition) is 0. The minimum atomic E-state index is -1.44. The molecule has 0 saturated carbocycles. The van der Waals surface area contributed by atoms with Crippen LogP contribution in [0.3, 0.4) is 0 Å². The molecule has 0 unspecified atom stereocenters. The second-order valence-corrected chi connectivity index (χ2v) is 8.53. The first-order valence-corrected chi connectivity index (χ1v) is 11.0. The smallest absolute Gasteiger partial charge is 0.344 e. The molecule has 1 heterocycles. The molecule has 4 rings (SSSR count). The lowest BCUT2D eigenvalue weighted by atomic mass is 10.2. The lowest BCUT2D eigenvalue weighted by Gasteiger charge is -2.15. The van der Waals surface area contributed by atoms with Crippen LogP contribution in [0.25, 0.3) is 0 Å². The standard InChI is InChI=1S/C23H14Cl4O6/c24-13-6-8-17(15(26)10-13)30-21(28)19-20(33-23(32-19)12-4-2-1-3-5-12)22(29)31-18-9-7-14(25)11-16(18)27/h1-11,19-20,23H/t19-,20-/m1/s1. The zero-order valence-corrected chi connectivity index (χ0v) is 19.6. The highest BCUT2D eigenvalue weighted by Crippen LogP contribution is 2.35. The van der Waals surface area contributed by atoms with Gasteiger partial charge < -0.3 is 18.9 Å². The molecule has 170 valence electrons. The van der Waals surface area contributed by atoms with E-state index in [0.29, 0.717) is 15.6 Å². The Morgan fingerprint density at radius 2 is 1.12 bits per heavy atom. The number of carbonyl (C=O) groups is 2. The van der Waals surface area contributed by atoms with Crippen LogP contribution in [0.5, 0.6) is 11.5 Å². The normalized spacial score (nSPS) is 18.2. The van der Waals surface area contributed by atoms with E-state index in [9.17, 15) is 9.59 Å². The van der Waals surface area contributed by atoms with Gasteiger partial charge in [-0.2, -0.15) is 0 Å². The molecule has 0 aromatic heterocycles. The number of benzene rings is 3. The van der Waals surface area contributed by atoms with Gasteiger partial charge in [-0.05, 0) is 36.4 Å². The van der Waals surface area contributed by atoms with E-state index in [2.05, 4.69) is 0 Å². The van der Waals surface area contributed by atoms with Crippen LogP contribution in [0.2, 0.25) is 20.1 Å². The van der Waals surface area contributed by atoms with Crippen molar-refractivity contribution in [3.05, 3.63) is 92.4 Å². The van der Waals surface area contributed by atoms with Gasteiger partial charge >= 0.3 is 11.9 Å². The van der Waals surface area contributed by atoms with E-state index in [-0.39, 0.29) is 21.5 Å². The average Bonchev–Trinajstić information content (AvgIpc) is 3.24. The maximum atomic E-state index is 12.9. The van der Waals surface area contributed by atoms with Crippen molar-refractivity contribution in [2.75, 3.05) is 0 Å². The van der Waals surface area contributed by atoms with E-state index < -0.39 is 30.4 Å². The van der Waals surface area contributed by atoms with E-state index in [0.717, 1.165) is 0 Å². The van der Waals surface area contributed by atoms with Gasteiger partial charge in [-0.25, -0.2) is 9.59 Å². The van der Waals surface area contributed by atoms with Crippen LogP contribution in [-0.4, -0.2) is 24.1 Å². The van der Waals surface area contributed by atoms with Crippen molar-refractivity contribution < 1.29 is 28.5 Å². The lowest BCUT2D eigenvalue weighted by molar-refractivity contribution is -0.153. The number of rotatable bonds is 5. The van der Waals surface area contributed by atoms with Crippen molar-refractivity contribution in [1.29, 1.82) is 0 Å². The Hall–Kier alpha value is -2.32. The number of carbonyl (C=O) groups excluding carboxylic acids is 2. The third kappa shape index (κ3) is 5.61. The van der Waals surface area contributed by atoms with E-state index in [1.165, 1.54) is 36.4 Å². The summed E-state index contributed by atoms with van der Waals surface area (Å²) < 4.78 is 22.2. The zero-order valence-electron chi connectivity index (χ0n) is 16.5. The highest BCUT2D eigenvalue weighted by atomic mass is 35.5.